The van der Waals surface area contributed by atoms with Crippen LogP contribution in [-0.4, -0.2) is 49.0 Å². The second-order valence-electron chi connectivity index (χ2n) is 6.61. The van der Waals surface area contributed by atoms with Gasteiger partial charge in [-0.1, -0.05) is 0 Å². The van der Waals surface area contributed by atoms with Crippen molar-refractivity contribution in [3.63, 3.8) is 0 Å². The summed E-state index contributed by atoms with van der Waals surface area (Å²) in [6.07, 6.45) is 2.08. The average molecular weight is 417 g/mol. The van der Waals surface area contributed by atoms with Gasteiger partial charge in [0.2, 0.25) is 0 Å². The van der Waals surface area contributed by atoms with Crippen LogP contribution in [0.5, 0.6) is 5.75 Å². The maximum absolute atomic E-state index is 13.0. The number of ether oxygens (including phenoxy) is 2. The standard InChI is InChI=1S/C18H19N5O5S/c1-11-10-23(18(24)28-11)15-7-5-13(9-19-15)29(25,26)21-16-14(27-3)6-4-12-8-20-22(2)17(12)16/h4-9,11,21H,10H2,1-3H3. The van der Waals surface area contributed by atoms with Crippen LogP contribution in [0.15, 0.2) is 41.6 Å². The van der Waals surface area contributed by atoms with Crippen molar-refractivity contribution in [2.45, 2.75) is 17.9 Å². The summed E-state index contributed by atoms with van der Waals surface area (Å²) in [5.74, 6) is 0.688. The number of amides is 1. The van der Waals surface area contributed by atoms with Crippen molar-refractivity contribution in [3.8, 4) is 5.75 Å². The zero-order valence-electron chi connectivity index (χ0n) is 16.0. The van der Waals surface area contributed by atoms with Gasteiger partial charge in [-0.25, -0.2) is 18.2 Å². The third-order valence-corrected chi connectivity index (χ3v) is 5.93. The van der Waals surface area contributed by atoms with E-state index in [1.165, 1.54) is 30.3 Å². The maximum Gasteiger partial charge on any atom is 0.415 e. The summed E-state index contributed by atoms with van der Waals surface area (Å²) in [7, 11) is -0.790. The minimum Gasteiger partial charge on any atom is -0.494 e. The minimum atomic E-state index is -3.96. The van der Waals surface area contributed by atoms with Crippen LogP contribution in [0.2, 0.25) is 0 Å². The molecule has 29 heavy (non-hydrogen) atoms. The van der Waals surface area contributed by atoms with Gasteiger partial charge in [-0.2, -0.15) is 5.10 Å². The number of nitrogens with one attached hydrogen (secondary N) is 1. The number of carbonyl (C=O) groups excluding carboxylic acids is 1. The summed E-state index contributed by atoms with van der Waals surface area (Å²) in [5, 5.41) is 4.93. The van der Waals surface area contributed by atoms with Crippen molar-refractivity contribution in [2.75, 3.05) is 23.3 Å². The Morgan fingerprint density at radius 1 is 1.24 bits per heavy atom. The SMILES string of the molecule is COc1ccc2cnn(C)c2c1NS(=O)(=O)c1ccc(N2CC(C)OC2=O)nc1. The lowest BCUT2D eigenvalue weighted by molar-refractivity contribution is 0.150. The van der Waals surface area contributed by atoms with Crippen molar-refractivity contribution in [3.05, 3.63) is 36.7 Å². The summed E-state index contributed by atoms with van der Waals surface area (Å²) >= 11 is 0. The molecule has 0 bridgehead atoms. The number of fused-ring (bicyclic) bond motifs is 1. The molecule has 11 heteroatoms. The van der Waals surface area contributed by atoms with Gasteiger partial charge in [0.15, 0.2) is 0 Å². The molecule has 0 radical (unpaired) electrons. The number of sulfonamides is 1. The van der Waals surface area contributed by atoms with E-state index in [4.69, 9.17) is 9.47 Å². The number of anilines is 2. The molecule has 3 aromatic rings. The van der Waals surface area contributed by atoms with Gasteiger partial charge in [-0.15, -0.1) is 0 Å². The van der Waals surface area contributed by atoms with E-state index in [2.05, 4.69) is 14.8 Å². The maximum atomic E-state index is 13.0. The van der Waals surface area contributed by atoms with Crippen LogP contribution in [0, 0.1) is 0 Å². The van der Waals surface area contributed by atoms with Gasteiger partial charge < -0.3 is 9.47 Å². The number of methoxy groups -OCH3 is 1. The lowest BCUT2D eigenvalue weighted by atomic mass is 10.2. The van der Waals surface area contributed by atoms with Gasteiger partial charge in [0.05, 0.1) is 25.4 Å². The Morgan fingerprint density at radius 3 is 2.66 bits per heavy atom. The van der Waals surface area contributed by atoms with E-state index >= 15 is 0 Å². The van der Waals surface area contributed by atoms with E-state index in [-0.39, 0.29) is 16.7 Å². The second-order valence-corrected chi connectivity index (χ2v) is 8.29. The van der Waals surface area contributed by atoms with Crippen LogP contribution < -0.4 is 14.4 Å². The van der Waals surface area contributed by atoms with Crippen LogP contribution >= 0.6 is 0 Å². The third-order valence-electron chi connectivity index (χ3n) is 4.59. The van der Waals surface area contributed by atoms with Gasteiger partial charge in [-0.3, -0.25) is 14.3 Å². The molecule has 1 amide bonds. The Hall–Kier alpha value is -3.34. The minimum absolute atomic E-state index is 0.0527. The van der Waals surface area contributed by atoms with Crippen LogP contribution in [0.4, 0.5) is 16.3 Å². The summed E-state index contributed by atoms with van der Waals surface area (Å²) in [6.45, 7) is 2.13. The highest BCUT2D eigenvalue weighted by Crippen LogP contribution is 2.34. The summed E-state index contributed by atoms with van der Waals surface area (Å²) in [4.78, 5) is 17.2. The first kappa shape index (κ1) is 19.0. The lowest BCUT2D eigenvalue weighted by Gasteiger charge is -2.15. The van der Waals surface area contributed by atoms with Crippen LogP contribution in [0.25, 0.3) is 10.9 Å². The lowest BCUT2D eigenvalue weighted by Crippen LogP contribution is -2.25. The van der Waals surface area contributed by atoms with Crippen LogP contribution in [-0.2, 0) is 21.8 Å². The van der Waals surface area contributed by atoms with E-state index in [1.807, 2.05) is 0 Å². The molecule has 152 valence electrons. The number of hydrogen-bond acceptors (Lipinski definition) is 7. The Kier molecular flexibility index (Phi) is 4.53. The van der Waals surface area contributed by atoms with E-state index in [0.29, 0.717) is 23.6 Å². The molecule has 3 heterocycles. The molecule has 0 spiro atoms. The Morgan fingerprint density at radius 2 is 2.03 bits per heavy atom. The predicted molar refractivity (Wildman–Crippen MR) is 106 cm³/mol. The molecule has 1 N–H and O–H groups in total. The number of rotatable bonds is 5. The predicted octanol–water partition coefficient (Wildman–Crippen LogP) is 2.12. The molecule has 1 unspecified atom stereocenters. The van der Waals surface area contributed by atoms with Crippen LogP contribution in [0.1, 0.15) is 6.92 Å². The van der Waals surface area contributed by atoms with E-state index in [1.54, 1.807) is 37.0 Å². The number of hydrogen-bond donors (Lipinski definition) is 1. The molecule has 2 aromatic heterocycles. The third kappa shape index (κ3) is 3.33. The van der Waals surface area contributed by atoms with Gasteiger partial charge in [0.1, 0.15) is 28.3 Å². The second kappa shape index (κ2) is 6.92. The Balaban J connectivity index is 1.67. The fraction of sp³-hybridized carbons (Fsp3) is 0.278. The van der Waals surface area contributed by atoms with Crippen molar-refractivity contribution in [1.29, 1.82) is 0 Å². The number of carbonyl (C=O) groups is 1. The molecule has 0 aliphatic carbocycles. The van der Waals surface area contributed by atoms with Gasteiger partial charge in [0, 0.05) is 18.6 Å². The molecule has 1 fully saturated rings. The molecule has 0 saturated carbocycles. The Bertz CT molecular complexity index is 1190. The largest absolute Gasteiger partial charge is 0.494 e. The summed E-state index contributed by atoms with van der Waals surface area (Å²) in [6, 6.07) is 6.32. The number of cyclic esters (lactones) is 1. The fourth-order valence-electron chi connectivity index (χ4n) is 3.19. The molecular formula is C18H19N5O5S. The first-order valence-corrected chi connectivity index (χ1v) is 10.2. The number of nitrogens with zero attached hydrogens (tertiary/aromatic N) is 4. The van der Waals surface area contributed by atoms with E-state index < -0.39 is 16.1 Å². The Labute approximate surface area is 167 Å². The zero-order valence-corrected chi connectivity index (χ0v) is 16.8. The number of aromatic nitrogens is 3. The van der Waals surface area contributed by atoms with Gasteiger partial charge in [0.25, 0.3) is 10.0 Å². The van der Waals surface area contributed by atoms with Gasteiger partial charge >= 0.3 is 6.09 Å². The highest BCUT2D eigenvalue weighted by atomic mass is 32.2. The van der Waals surface area contributed by atoms with Crippen LogP contribution in [0.3, 0.4) is 0 Å². The quantitative estimate of drug-likeness (QED) is 0.676. The molecule has 1 saturated heterocycles. The highest BCUT2D eigenvalue weighted by molar-refractivity contribution is 7.92. The molecule has 1 aliphatic rings. The topological polar surface area (TPSA) is 116 Å². The number of pyridine rings is 1. The molecule has 1 atom stereocenters. The number of aryl methyl sites for hydroxylation is 1. The summed E-state index contributed by atoms with van der Waals surface area (Å²) < 4.78 is 40.4. The normalized spacial score (nSPS) is 16.9. The average Bonchev–Trinajstić information content (AvgIpc) is 3.23. The van der Waals surface area contributed by atoms with Crippen molar-refractivity contribution in [2.24, 2.45) is 7.05 Å². The zero-order chi connectivity index (χ0) is 20.8. The molecule has 10 nitrogen and oxygen atoms in total. The molecule has 1 aliphatic heterocycles. The fourth-order valence-corrected chi connectivity index (χ4v) is 4.22. The first-order chi connectivity index (χ1) is 13.8. The highest BCUT2D eigenvalue weighted by Gasteiger charge is 2.30. The van der Waals surface area contributed by atoms with Gasteiger partial charge in [-0.05, 0) is 31.2 Å². The van der Waals surface area contributed by atoms with E-state index in [0.717, 1.165) is 5.39 Å². The van der Waals surface area contributed by atoms with E-state index in [9.17, 15) is 13.2 Å². The molecule has 1 aromatic carbocycles. The first-order valence-electron chi connectivity index (χ1n) is 8.76. The van der Waals surface area contributed by atoms with Crippen molar-refractivity contribution < 1.29 is 22.7 Å². The summed E-state index contributed by atoms with van der Waals surface area (Å²) in [5.41, 5.74) is 0.873. The monoisotopic (exact) mass is 417 g/mol. The molecule has 4 rings (SSSR count). The van der Waals surface area contributed by atoms with Crippen molar-refractivity contribution >= 4 is 38.5 Å². The molecular weight excluding hydrogens is 398 g/mol. The number of benzene rings is 1. The van der Waals surface area contributed by atoms with Crippen molar-refractivity contribution in [1.82, 2.24) is 14.8 Å². The smallest absolute Gasteiger partial charge is 0.415 e.